The van der Waals surface area contributed by atoms with Gasteiger partial charge in [0.25, 0.3) is 0 Å². The number of Topliss-reactive ketones (excluding diaryl/α,β-unsaturated/α-hetero) is 1. The van der Waals surface area contributed by atoms with E-state index in [2.05, 4.69) is 230 Å². The van der Waals surface area contributed by atoms with Crippen LogP contribution in [0.4, 0.5) is 17.2 Å². The number of amides is 1. The quantitative estimate of drug-likeness (QED) is 0.0492. The highest BCUT2D eigenvalue weighted by molar-refractivity contribution is 7.72. The van der Waals surface area contributed by atoms with E-state index in [1.165, 1.54) is 28.1 Å². The summed E-state index contributed by atoms with van der Waals surface area (Å²) in [5, 5.41) is 32.2. The molecule has 23 nitrogen and oxygen atoms in total. The van der Waals surface area contributed by atoms with Crippen LogP contribution in [-0.2, 0) is 15.0 Å². The Labute approximate surface area is 770 Å². The third-order valence-corrected chi connectivity index (χ3v) is 27.1. The fraction of sp³-hybridized carbons (Fsp3) is 0.225. The van der Waals surface area contributed by atoms with Gasteiger partial charge in [0, 0.05) is 151 Å². The number of benzene rings is 7. The summed E-state index contributed by atoms with van der Waals surface area (Å²) in [6, 6.07) is 83.2. The van der Waals surface area contributed by atoms with E-state index in [9.17, 15) is 9.59 Å². The highest BCUT2D eigenvalue weighted by Crippen LogP contribution is 2.40. The Balaban J connectivity index is 0.000000121. The number of aromatic amines is 4. The molecule has 20 rings (SSSR count). The number of carbonyl (C=O) groups excluding carboxylic acids is 2. The highest BCUT2D eigenvalue weighted by Gasteiger charge is 2.43. The molecule has 4 N–H and O–H groups in total. The second-order valence-corrected chi connectivity index (χ2v) is 34.1. The number of nitrogens with one attached hydrogen (secondary N) is 4. The van der Waals surface area contributed by atoms with E-state index in [-0.39, 0.29) is 29.8 Å². The van der Waals surface area contributed by atoms with Crippen molar-refractivity contribution in [1.82, 2.24) is 83.6 Å². The first kappa shape index (κ1) is 87.1. The molecule has 0 spiro atoms. The van der Waals surface area contributed by atoms with E-state index in [0.717, 1.165) is 176 Å². The number of para-hydroxylation sites is 1. The maximum absolute atomic E-state index is 14.0. The molecular formula is C102H102N20O3S4. The van der Waals surface area contributed by atoms with Gasteiger partial charge in [0.2, 0.25) is 5.91 Å². The zero-order valence-corrected chi connectivity index (χ0v) is 75.4. The molecule has 652 valence electrons. The number of hydrogen-bond acceptors (Lipinski definition) is 18. The lowest BCUT2D eigenvalue weighted by molar-refractivity contribution is -0.137. The average Bonchev–Trinajstić information content (AvgIpc) is 1.68. The first-order chi connectivity index (χ1) is 63.1. The van der Waals surface area contributed by atoms with Gasteiger partial charge < -0.3 is 57.3 Å². The predicted molar refractivity (Wildman–Crippen MR) is 525 cm³/mol. The summed E-state index contributed by atoms with van der Waals surface area (Å²) in [4.78, 5) is 47.5. The fourth-order valence-electron chi connectivity index (χ4n) is 18.2. The number of methoxy groups -OCH3 is 1. The molecule has 4 aliphatic heterocycles. The summed E-state index contributed by atoms with van der Waals surface area (Å²) in [5.41, 5.74) is 14.2. The largest absolute Gasteiger partial charge is 0.497 e. The Hall–Kier alpha value is -14.0. The number of rotatable bonds is 21. The number of piperazine rings is 3. The number of allylic oxidation sites excluding steroid dienone is 3. The number of anilines is 3. The van der Waals surface area contributed by atoms with Gasteiger partial charge in [-0.05, 0) is 120 Å². The summed E-state index contributed by atoms with van der Waals surface area (Å²) >= 11 is 23.4. The third-order valence-electron chi connectivity index (χ3n) is 25.4. The Kier molecular flexibility index (Phi) is 26.9. The van der Waals surface area contributed by atoms with Crippen molar-refractivity contribution in [3.05, 3.63) is 388 Å². The lowest BCUT2D eigenvalue weighted by Gasteiger charge is -2.41. The van der Waals surface area contributed by atoms with Gasteiger partial charge in [0.05, 0.1) is 99.0 Å². The summed E-state index contributed by atoms with van der Waals surface area (Å²) in [6.07, 6.45) is 18.1. The number of fused-ring (bicyclic) bond motifs is 4. The molecular weight excluding hydrogens is 1680 g/mol. The molecule has 16 aromatic rings. The van der Waals surface area contributed by atoms with Crippen molar-refractivity contribution in [2.75, 3.05) is 113 Å². The van der Waals surface area contributed by atoms with E-state index in [0.29, 0.717) is 30.6 Å². The number of nitrogens with zero attached hydrogens (tertiary/aromatic N) is 16. The van der Waals surface area contributed by atoms with Crippen LogP contribution in [0.1, 0.15) is 71.8 Å². The molecule has 7 aromatic carbocycles. The topological polar surface area (TPSA) is 213 Å². The van der Waals surface area contributed by atoms with Crippen molar-refractivity contribution < 1.29 is 14.3 Å². The molecule has 129 heavy (non-hydrogen) atoms. The van der Waals surface area contributed by atoms with Gasteiger partial charge in [-0.2, -0.15) is 20.4 Å². The van der Waals surface area contributed by atoms with Crippen LogP contribution in [0.3, 0.4) is 0 Å². The third kappa shape index (κ3) is 18.8. The molecule has 1 amide bonds. The number of aromatic nitrogens is 13. The number of hydrogen-bond donors (Lipinski definition) is 4. The van der Waals surface area contributed by atoms with Crippen LogP contribution < -0.4 is 19.4 Å². The molecule has 4 saturated heterocycles. The van der Waals surface area contributed by atoms with Crippen molar-refractivity contribution >= 4 is 121 Å². The molecule has 0 bridgehead atoms. The molecule has 0 saturated carbocycles. The maximum Gasteiger partial charge on any atom is 0.250 e. The Morgan fingerprint density at radius 2 is 0.667 bits per heavy atom. The lowest BCUT2D eigenvalue weighted by atomic mass is 9.70. The molecule has 4 atom stereocenters. The molecule has 0 radical (unpaired) electrons. The van der Waals surface area contributed by atoms with Crippen LogP contribution in [0.15, 0.2) is 341 Å². The summed E-state index contributed by atoms with van der Waals surface area (Å²) < 4.78 is 16.4. The number of likely N-dealkylation sites (tertiary alicyclic amines) is 1. The minimum Gasteiger partial charge on any atom is -0.497 e. The standard InChI is InChI=1S/C27H26N4O2S.C26H27N5OS.C25H25N5S.C24H24N6S/c1-19(32)27(21-10-6-3-7-11-21)13-16-30(17-14-27)25(33)24(20-8-4-2-5-9-20)31-15-12-23-22(26(31)34)18-28-29-23;1-19(29-14-16-30(17-15-29)21-8-10-22(32-2)11-9-21)25(20-6-4-3-5-7-20)31-13-12-24-23(26(31)33)18-27-28-24;1-19(28-14-16-29(17-15-28)21-10-6-3-7-11-21)24(20-8-4-2-5-9-20)30-13-12-23-22(25(30)31)18-26-27-23;1-18(28-13-15-29(16-14-28)22-9-5-6-11-25-22)23(19-7-3-2-4-8-19)30-12-10-21-20(24(30)31)17-26-27-21/h2-12,15,18,24H,13-14,16-17H2,1H3,(H,28,29);3-13,18,25H,1,14-17H2,2H3,(H,27,28);2-13,18,24H,1,14-17H2,(H,26,27);2-12,17,23H,1,13-16H2,(H,26,27). The van der Waals surface area contributed by atoms with Gasteiger partial charge in [-0.25, -0.2) is 4.98 Å². The molecule has 4 unspecified atom stereocenters. The van der Waals surface area contributed by atoms with Crippen LogP contribution in [0, 0.1) is 18.6 Å². The van der Waals surface area contributed by atoms with E-state index < -0.39 is 11.5 Å². The van der Waals surface area contributed by atoms with Crippen molar-refractivity contribution in [2.45, 2.75) is 49.3 Å². The Morgan fingerprint density at radius 1 is 0.357 bits per heavy atom. The second kappa shape index (κ2) is 39.9. The zero-order chi connectivity index (χ0) is 88.9. The maximum atomic E-state index is 14.0. The second-order valence-electron chi connectivity index (χ2n) is 32.6. The smallest absolute Gasteiger partial charge is 0.250 e. The zero-order valence-electron chi connectivity index (χ0n) is 72.1. The number of piperidine rings is 1. The lowest BCUT2D eigenvalue weighted by Crippen LogP contribution is -2.50. The van der Waals surface area contributed by atoms with Gasteiger partial charge in [0.15, 0.2) is 0 Å². The highest BCUT2D eigenvalue weighted by atomic mass is 32.1. The minimum atomic E-state index is -0.588. The van der Waals surface area contributed by atoms with E-state index in [1.54, 1.807) is 38.8 Å². The predicted octanol–water partition coefficient (Wildman–Crippen LogP) is 19.3. The normalized spacial score (nSPS) is 15.4. The van der Waals surface area contributed by atoms with E-state index in [4.69, 9.17) is 53.6 Å². The van der Waals surface area contributed by atoms with Crippen LogP contribution in [-0.4, -0.2) is 194 Å². The Morgan fingerprint density at radius 3 is 1.00 bits per heavy atom. The van der Waals surface area contributed by atoms with Crippen molar-refractivity contribution in [2.24, 2.45) is 0 Å². The number of ether oxygens (including phenoxy) is 1. The van der Waals surface area contributed by atoms with Gasteiger partial charge in [-0.3, -0.25) is 30.0 Å². The first-order valence-corrected chi connectivity index (χ1v) is 45.1. The minimum absolute atomic E-state index is 0.0182. The number of carbonyl (C=O) groups is 2. The Bertz CT molecular complexity index is 6610. The summed E-state index contributed by atoms with van der Waals surface area (Å²) in [5.74, 6) is 2.04. The van der Waals surface area contributed by atoms with Gasteiger partial charge in [-0.15, -0.1) is 0 Å². The van der Waals surface area contributed by atoms with Gasteiger partial charge >= 0.3 is 0 Å². The van der Waals surface area contributed by atoms with Crippen LogP contribution >= 0.6 is 48.9 Å². The van der Waals surface area contributed by atoms with Gasteiger partial charge in [-0.1, -0.05) is 245 Å². The number of H-pyrrole nitrogens is 4. The molecule has 9 aromatic heterocycles. The van der Waals surface area contributed by atoms with Crippen molar-refractivity contribution in [3.63, 3.8) is 0 Å². The fourth-order valence-corrected chi connectivity index (χ4v) is 19.6. The van der Waals surface area contributed by atoms with Crippen LogP contribution in [0.25, 0.3) is 43.6 Å². The van der Waals surface area contributed by atoms with Crippen molar-refractivity contribution in [1.29, 1.82) is 0 Å². The van der Waals surface area contributed by atoms with E-state index >= 15 is 0 Å². The van der Waals surface area contributed by atoms with E-state index in [1.807, 2.05) is 168 Å². The van der Waals surface area contributed by atoms with Crippen LogP contribution in [0.5, 0.6) is 5.75 Å². The molecule has 13 heterocycles. The number of pyridine rings is 5. The summed E-state index contributed by atoms with van der Waals surface area (Å²) in [7, 11) is 1.69. The monoisotopic (exact) mass is 1780 g/mol. The first-order valence-electron chi connectivity index (χ1n) is 43.5. The summed E-state index contributed by atoms with van der Waals surface area (Å²) in [6.45, 7) is 27.4. The molecule has 27 heteroatoms. The van der Waals surface area contributed by atoms with Crippen molar-refractivity contribution in [3.8, 4) is 5.75 Å². The van der Waals surface area contributed by atoms with Gasteiger partial charge in [0.1, 0.15) is 42.0 Å². The SMILES string of the molecule is C=C(C(c1ccccc1)n1ccc2[nH]ncc2c1=S)N1CCN(c2ccc(OC)cc2)CC1.C=C(C(c1ccccc1)n1ccc2[nH]ncc2c1=S)N1CCN(c2ccccc2)CC1.C=C(C(c1ccccc1)n1ccc2[nH]ncc2c1=S)N1CCN(c2ccccn2)CC1.CC(=O)C1(c2ccccc2)CCN(C(=O)C(c2ccccc2)n2ccc3[nH]ncc3c2=S)CC1. The molecule has 4 fully saturated rings. The van der Waals surface area contributed by atoms with Crippen LogP contribution in [0.2, 0.25) is 0 Å². The number of ketones is 1. The molecule has 0 aliphatic carbocycles. The molecule has 4 aliphatic rings. The average molecular weight is 1780 g/mol.